The minimum Gasteiger partial charge on any atom is -0.396 e. The summed E-state index contributed by atoms with van der Waals surface area (Å²) in [5.41, 5.74) is 0.310. The number of aliphatic hydroxyl groups is 1. The van der Waals surface area contributed by atoms with E-state index in [1.54, 1.807) is 42.5 Å². The average molecular weight is 533 g/mol. The number of hydrogen-bond acceptors (Lipinski definition) is 4. The van der Waals surface area contributed by atoms with Gasteiger partial charge in [0.2, 0.25) is 5.92 Å². The second kappa shape index (κ2) is 11.0. The van der Waals surface area contributed by atoms with E-state index in [4.69, 9.17) is 34.8 Å². The van der Waals surface area contributed by atoms with Gasteiger partial charge < -0.3 is 5.11 Å². The lowest BCUT2D eigenvalue weighted by Gasteiger charge is -2.16. The summed E-state index contributed by atoms with van der Waals surface area (Å²) in [4.78, 5) is 25.7. The molecular formula is C23H22Cl3F2N3O3. The van der Waals surface area contributed by atoms with Crippen LogP contribution in [0.4, 0.5) is 8.78 Å². The van der Waals surface area contributed by atoms with E-state index in [9.17, 15) is 23.5 Å². The first-order valence-corrected chi connectivity index (χ1v) is 11.5. The van der Waals surface area contributed by atoms with Gasteiger partial charge in [-0.15, -0.1) is 5.10 Å². The molecule has 182 valence electrons. The van der Waals surface area contributed by atoms with Crippen LogP contribution in [0.15, 0.2) is 47.3 Å². The van der Waals surface area contributed by atoms with Crippen LogP contribution in [0.25, 0.3) is 11.4 Å². The van der Waals surface area contributed by atoms with Gasteiger partial charge in [0.15, 0.2) is 11.6 Å². The SMILES string of the molecule is CC(F)(F)CCn1c(-c2ccc(Cl)cc2)nn(CC(=O)CC(CO)c2cccc(Cl)c2Cl)c1=O. The number of Topliss-reactive ketones (excluding diaryl/α,β-unsaturated/α-hetero) is 1. The monoisotopic (exact) mass is 531 g/mol. The minimum atomic E-state index is -2.99. The maximum atomic E-state index is 13.5. The van der Waals surface area contributed by atoms with E-state index >= 15 is 0 Å². The predicted octanol–water partition coefficient (Wildman–Crippen LogP) is 5.45. The normalized spacial score (nSPS) is 12.7. The third-order valence-corrected chi connectivity index (χ3v) is 6.33. The fourth-order valence-electron chi connectivity index (χ4n) is 3.48. The van der Waals surface area contributed by atoms with Crippen molar-refractivity contribution < 1.29 is 18.7 Å². The number of ketones is 1. The van der Waals surface area contributed by atoms with Crippen molar-refractivity contribution in [3.8, 4) is 11.4 Å². The Hall–Kier alpha value is -2.26. The number of carbonyl (C=O) groups excluding carboxylic acids is 1. The summed E-state index contributed by atoms with van der Waals surface area (Å²) in [5.74, 6) is -3.87. The molecule has 1 N–H and O–H groups in total. The number of aromatic nitrogens is 3. The summed E-state index contributed by atoms with van der Waals surface area (Å²) >= 11 is 18.2. The molecule has 3 rings (SSSR count). The van der Waals surface area contributed by atoms with E-state index in [2.05, 4.69) is 5.10 Å². The van der Waals surface area contributed by atoms with Crippen molar-refractivity contribution in [3.05, 3.63) is 73.6 Å². The Bertz CT molecular complexity index is 1220. The molecule has 0 aliphatic carbocycles. The molecule has 1 aromatic heterocycles. The Morgan fingerprint density at radius 1 is 1.15 bits per heavy atom. The van der Waals surface area contributed by atoms with Crippen LogP contribution in [-0.2, 0) is 17.9 Å². The van der Waals surface area contributed by atoms with E-state index in [-0.39, 0.29) is 30.4 Å². The summed E-state index contributed by atoms with van der Waals surface area (Å²) in [7, 11) is 0. The van der Waals surface area contributed by atoms with Crippen LogP contribution >= 0.6 is 34.8 Å². The summed E-state index contributed by atoms with van der Waals surface area (Å²) in [6.07, 6.45) is -0.702. The zero-order valence-corrected chi connectivity index (χ0v) is 20.4. The molecule has 1 unspecified atom stereocenters. The molecule has 2 aromatic carbocycles. The molecule has 0 spiro atoms. The van der Waals surface area contributed by atoms with Gasteiger partial charge in [-0.05, 0) is 42.8 Å². The van der Waals surface area contributed by atoms with Gasteiger partial charge in [0.1, 0.15) is 6.54 Å². The van der Waals surface area contributed by atoms with Crippen molar-refractivity contribution in [1.29, 1.82) is 0 Å². The highest BCUT2D eigenvalue weighted by atomic mass is 35.5. The number of aliphatic hydroxyl groups excluding tert-OH is 1. The van der Waals surface area contributed by atoms with Crippen LogP contribution < -0.4 is 5.69 Å². The van der Waals surface area contributed by atoms with Crippen LogP contribution in [0.5, 0.6) is 0 Å². The van der Waals surface area contributed by atoms with Gasteiger partial charge in [0.25, 0.3) is 0 Å². The Morgan fingerprint density at radius 2 is 1.82 bits per heavy atom. The smallest absolute Gasteiger partial charge is 0.346 e. The van der Waals surface area contributed by atoms with E-state index in [0.717, 1.165) is 16.2 Å². The average Bonchev–Trinajstić information content (AvgIpc) is 3.08. The van der Waals surface area contributed by atoms with Crippen molar-refractivity contribution >= 4 is 40.6 Å². The first-order valence-electron chi connectivity index (χ1n) is 10.4. The molecular weight excluding hydrogens is 511 g/mol. The summed E-state index contributed by atoms with van der Waals surface area (Å²) < 4.78 is 29.0. The highest BCUT2D eigenvalue weighted by Crippen LogP contribution is 2.32. The minimum absolute atomic E-state index is 0.126. The predicted molar refractivity (Wildman–Crippen MR) is 128 cm³/mol. The first kappa shape index (κ1) is 26.3. The zero-order valence-electron chi connectivity index (χ0n) is 18.1. The van der Waals surface area contributed by atoms with Gasteiger partial charge >= 0.3 is 5.69 Å². The summed E-state index contributed by atoms with van der Waals surface area (Å²) in [6, 6.07) is 11.3. The number of benzene rings is 2. The topological polar surface area (TPSA) is 77.1 Å². The van der Waals surface area contributed by atoms with Crippen molar-refractivity contribution in [2.24, 2.45) is 0 Å². The molecule has 0 bridgehead atoms. The highest BCUT2D eigenvalue weighted by Gasteiger charge is 2.25. The third-order valence-electron chi connectivity index (χ3n) is 5.24. The maximum Gasteiger partial charge on any atom is 0.346 e. The number of alkyl halides is 2. The van der Waals surface area contributed by atoms with Gasteiger partial charge in [-0.2, -0.15) is 0 Å². The molecule has 6 nitrogen and oxygen atoms in total. The van der Waals surface area contributed by atoms with E-state index in [1.807, 2.05) is 0 Å². The molecule has 1 heterocycles. The van der Waals surface area contributed by atoms with Gasteiger partial charge in [-0.1, -0.05) is 46.9 Å². The van der Waals surface area contributed by atoms with Crippen molar-refractivity contribution in [3.63, 3.8) is 0 Å². The molecule has 0 saturated heterocycles. The maximum absolute atomic E-state index is 13.5. The van der Waals surface area contributed by atoms with Crippen molar-refractivity contribution in [1.82, 2.24) is 14.3 Å². The highest BCUT2D eigenvalue weighted by molar-refractivity contribution is 6.42. The van der Waals surface area contributed by atoms with E-state index in [1.165, 1.54) is 0 Å². The molecule has 0 amide bonds. The second-order valence-electron chi connectivity index (χ2n) is 8.01. The van der Waals surface area contributed by atoms with Crippen LogP contribution in [0.2, 0.25) is 15.1 Å². The molecule has 3 aromatic rings. The van der Waals surface area contributed by atoms with Gasteiger partial charge in [-0.3, -0.25) is 9.36 Å². The van der Waals surface area contributed by atoms with Gasteiger partial charge in [0.05, 0.1) is 16.7 Å². The number of nitrogens with zero attached hydrogens (tertiary/aromatic N) is 3. The first-order chi connectivity index (χ1) is 16.0. The largest absolute Gasteiger partial charge is 0.396 e. The molecule has 0 radical (unpaired) electrons. The van der Waals surface area contributed by atoms with Crippen molar-refractivity contribution in [2.45, 2.75) is 44.7 Å². The lowest BCUT2D eigenvalue weighted by atomic mass is 9.94. The van der Waals surface area contributed by atoms with E-state index < -0.39 is 36.3 Å². The van der Waals surface area contributed by atoms with Gasteiger partial charge in [0, 0.05) is 35.9 Å². The van der Waals surface area contributed by atoms with Crippen LogP contribution in [-0.4, -0.2) is 37.8 Å². The second-order valence-corrected chi connectivity index (χ2v) is 9.23. The van der Waals surface area contributed by atoms with Gasteiger partial charge in [-0.25, -0.2) is 18.3 Å². The standard InChI is InChI=1S/C23H22Cl3F2N3O3/c1-23(27,28)9-10-30-21(14-5-7-16(24)8-6-14)29-31(22(30)34)12-17(33)11-15(13-32)18-3-2-4-19(25)20(18)26/h2-8,15,32H,9-13H2,1H3. The molecule has 0 saturated carbocycles. The molecule has 11 heteroatoms. The number of rotatable bonds is 10. The van der Waals surface area contributed by atoms with Crippen LogP contribution in [0.1, 0.15) is 31.2 Å². The van der Waals surface area contributed by atoms with Crippen molar-refractivity contribution in [2.75, 3.05) is 6.61 Å². The Balaban J connectivity index is 1.88. The number of halogens is 5. The Morgan fingerprint density at radius 3 is 2.44 bits per heavy atom. The molecule has 0 aliphatic rings. The summed E-state index contributed by atoms with van der Waals surface area (Å²) in [5, 5.41) is 15.0. The third kappa shape index (κ3) is 6.44. The molecule has 0 aliphatic heterocycles. The molecule has 34 heavy (non-hydrogen) atoms. The number of carbonyl (C=O) groups is 1. The fourth-order valence-corrected chi connectivity index (χ4v) is 4.07. The van der Waals surface area contributed by atoms with Crippen LogP contribution in [0.3, 0.4) is 0 Å². The Kier molecular flexibility index (Phi) is 8.52. The van der Waals surface area contributed by atoms with E-state index in [0.29, 0.717) is 21.2 Å². The van der Waals surface area contributed by atoms with Crippen LogP contribution in [0, 0.1) is 0 Å². The lowest BCUT2D eigenvalue weighted by molar-refractivity contribution is -0.120. The lowest BCUT2D eigenvalue weighted by Crippen LogP contribution is -2.30. The number of hydrogen-bond donors (Lipinski definition) is 1. The Labute approximate surface area is 209 Å². The summed E-state index contributed by atoms with van der Waals surface area (Å²) in [6.45, 7) is -0.282. The molecule has 1 atom stereocenters. The fraction of sp³-hybridized carbons (Fsp3) is 0.348. The zero-order chi connectivity index (χ0) is 25.0. The molecule has 0 fully saturated rings. The quantitative estimate of drug-likeness (QED) is 0.377.